The second kappa shape index (κ2) is 6.42. The average Bonchev–Trinajstić information content (AvgIpc) is 2.95. The molecule has 1 aliphatic rings. The van der Waals surface area contributed by atoms with Gasteiger partial charge in [-0.25, -0.2) is 4.68 Å². The summed E-state index contributed by atoms with van der Waals surface area (Å²) in [6, 6.07) is 0. The summed E-state index contributed by atoms with van der Waals surface area (Å²) in [4.78, 5) is 0. The summed E-state index contributed by atoms with van der Waals surface area (Å²) in [7, 11) is 0. The van der Waals surface area contributed by atoms with Crippen LogP contribution in [-0.4, -0.2) is 25.7 Å². The normalized spacial score (nSPS) is 18.6. The van der Waals surface area contributed by atoms with Crippen LogP contribution in [0, 0.1) is 11.3 Å². The maximum absolute atomic E-state index is 4.25. The van der Waals surface area contributed by atoms with Gasteiger partial charge in [0, 0.05) is 5.54 Å². The van der Waals surface area contributed by atoms with Crippen molar-refractivity contribution in [3.63, 3.8) is 0 Å². The van der Waals surface area contributed by atoms with E-state index in [1.54, 1.807) is 0 Å². The minimum Gasteiger partial charge on any atom is -0.305 e. The first kappa shape index (κ1) is 16.4. The molecular weight excluding hydrogens is 262 g/mol. The summed E-state index contributed by atoms with van der Waals surface area (Å²) in [5.41, 5.74) is 0.486. The third kappa shape index (κ3) is 4.77. The Kier molecular flexibility index (Phi) is 5.02. The highest BCUT2D eigenvalue weighted by Crippen LogP contribution is 2.44. The molecule has 2 rings (SSSR count). The van der Waals surface area contributed by atoms with Crippen LogP contribution in [0.15, 0.2) is 0 Å². The lowest BCUT2D eigenvalue weighted by molar-refractivity contribution is 0.184. The van der Waals surface area contributed by atoms with Gasteiger partial charge in [-0.3, -0.25) is 0 Å². The molecule has 5 heteroatoms. The van der Waals surface area contributed by atoms with Gasteiger partial charge in [0.2, 0.25) is 0 Å². The number of tetrazole rings is 1. The second-order valence-corrected chi connectivity index (χ2v) is 8.16. The summed E-state index contributed by atoms with van der Waals surface area (Å²) in [5.74, 6) is 1.69. The van der Waals surface area contributed by atoms with E-state index in [2.05, 4.69) is 55.5 Å². The molecule has 0 spiro atoms. The molecule has 1 fully saturated rings. The topological polar surface area (TPSA) is 55.6 Å². The highest BCUT2D eigenvalue weighted by molar-refractivity contribution is 4.90. The van der Waals surface area contributed by atoms with Crippen molar-refractivity contribution in [3.05, 3.63) is 5.82 Å². The molecule has 0 saturated heterocycles. The number of aromatic nitrogens is 4. The largest absolute Gasteiger partial charge is 0.305 e. The zero-order chi connectivity index (χ0) is 15.5. The van der Waals surface area contributed by atoms with Crippen molar-refractivity contribution in [2.45, 2.75) is 85.4 Å². The molecule has 0 atom stereocenters. The first-order chi connectivity index (χ1) is 9.80. The van der Waals surface area contributed by atoms with Crippen molar-refractivity contribution in [3.8, 4) is 0 Å². The van der Waals surface area contributed by atoms with Gasteiger partial charge in [-0.15, -0.1) is 5.10 Å². The van der Waals surface area contributed by atoms with E-state index in [1.807, 2.05) is 4.68 Å². The Balaban J connectivity index is 2.06. The molecule has 1 saturated carbocycles. The monoisotopic (exact) mass is 293 g/mol. The third-order valence-electron chi connectivity index (χ3n) is 4.37. The van der Waals surface area contributed by atoms with Crippen molar-refractivity contribution in [2.24, 2.45) is 11.3 Å². The number of nitrogens with zero attached hydrogens (tertiary/aromatic N) is 4. The maximum Gasteiger partial charge on any atom is 0.165 e. The smallest absolute Gasteiger partial charge is 0.165 e. The van der Waals surface area contributed by atoms with Gasteiger partial charge in [0.25, 0.3) is 0 Å². The summed E-state index contributed by atoms with van der Waals surface area (Å²) in [6.07, 6.45) is 6.61. The predicted octanol–water partition coefficient (Wildman–Crippen LogP) is 3.17. The summed E-state index contributed by atoms with van der Waals surface area (Å²) >= 11 is 0. The molecule has 1 aromatic rings. The predicted molar refractivity (Wildman–Crippen MR) is 84.8 cm³/mol. The molecule has 120 valence electrons. The molecule has 1 aromatic heterocycles. The summed E-state index contributed by atoms with van der Waals surface area (Å²) in [5, 5.41) is 15.8. The van der Waals surface area contributed by atoms with E-state index in [0.29, 0.717) is 5.41 Å². The lowest BCUT2D eigenvalue weighted by atomic mass is 9.78. The van der Waals surface area contributed by atoms with E-state index in [4.69, 9.17) is 0 Å². The molecular formula is C16H31N5. The van der Waals surface area contributed by atoms with Gasteiger partial charge in [0.1, 0.15) is 0 Å². The lowest BCUT2D eigenvalue weighted by Gasteiger charge is -2.31. The average molecular weight is 293 g/mol. The fraction of sp³-hybridized carbons (Fsp3) is 0.938. The van der Waals surface area contributed by atoms with E-state index in [1.165, 1.54) is 32.1 Å². The van der Waals surface area contributed by atoms with Crippen molar-refractivity contribution in [1.29, 1.82) is 0 Å². The van der Waals surface area contributed by atoms with Gasteiger partial charge in [0.05, 0.1) is 13.1 Å². The molecule has 5 nitrogen and oxygen atoms in total. The van der Waals surface area contributed by atoms with Crippen LogP contribution in [0.25, 0.3) is 0 Å². The van der Waals surface area contributed by atoms with Crippen LogP contribution in [0.3, 0.4) is 0 Å². The van der Waals surface area contributed by atoms with Crippen LogP contribution in [-0.2, 0) is 13.1 Å². The quantitative estimate of drug-likeness (QED) is 0.875. The standard InChI is InChI=1S/C16H31N5/c1-13(2)10-16(8-6-7-9-16)12-21-14(18-19-20-21)11-17-15(3,4)5/h13,17H,6-12H2,1-5H3. The van der Waals surface area contributed by atoms with Crippen LogP contribution in [0.4, 0.5) is 0 Å². The highest BCUT2D eigenvalue weighted by Gasteiger charge is 2.35. The molecule has 0 radical (unpaired) electrons. The number of rotatable bonds is 6. The summed E-state index contributed by atoms with van der Waals surface area (Å²) in [6.45, 7) is 12.8. The van der Waals surface area contributed by atoms with Gasteiger partial charge in [-0.1, -0.05) is 26.7 Å². The molecule has 1 heterocycles. The molecule has 21 heavy (non-hydrogen) atoms. The Labute approximate surface area is 128 Å². The van der Waals surface area contributed by atoms with Crippen LogP contribution in [0.2, 0.25) is 0 Å². The molecule has 0 aliphatic heterocycles. The number of nitrogens with one attached hydrogen (secondary N) is 1. The van der Waals surface area contributed by atoms with Crippen LogP contribution >= 0.6 is 0 Å². The Morgan fingerprint density at radius 1 is 1.24 bits per heavy atom. The van der Waals surface area contributed by atoms with Gasteiger partial charge in [0.15, 0.2) is 5.82 Å². The first-order valence-electron chi connectivity index (χ1n) is 8.30. The maximum atomic E-state index is 4.25. The molecule has 0 aromatic carbocycles. The van der Waals surface area contributed by atoms with Crippen LogP contribution in [0.5, 0.6) is 0 Å². The fourth-order valence-electron chi connectivity index (χ4n) is 3.55. The van der Waals surface area contributed by atoms with Crippen molar-refractivity contribution < 1.29 is 0 Å². The van der Waals surface area contributed by atoms with E-state index < -0.39 is 0 Å². The van der Waals surface area contributed by atoms with Crippen LogP contribution in [0.1, 0.15) is 72.5 Å². The zero-order valence-corrected chi connectivity index (χ0v) is 14.3. The van der Waals surface area contributed by atoms with E-state index in [-0.39, 0.29) is 5.54 Å². The SMILES string of the molecule is CC(C)CC1(Cn2nnnc2CNC(C)(C)C)CCCC1. The minimum absolute atomic E-state index is 0.0831. The number of hydrogen-bond acceptors (Lipinski definition) is 4. The Hall–Kier alpha value is -0.970. The van der Waals surface area contributed by atoms with E-state index in [0.717, 1.165) is 24.8 Å². The highest BCUT2D eigenvalue weighted by atomic mass is 15.5. The molecule has 1 aliphatic carbocycles. The van der Waals surface area contributed by atoms with Crippen molar-refractivity contribution in [1.82, 2.24) is 25.5 Å². The van der Waals surface area contributed by atoms with Crippen molar-refractivity contribution >= 4 is 0 Å². The van der Waals surface area contributed by atoms with Crippen LogP contribution < -0.4 is 5.32 Å². The Bertz CT molecular complexity index is 438. The second-order valence-electron chi connectivity index (χ2n) is 8.16. The first-order valence-corrected chi connectivity index (χ1v) is 8.30. The third-order valence-corrected chi connectivity index (χ3v) is 4.37. The van der Waals surface area contributed by atoms with Gasteiger partial charge >= 0.3 is 0 Å². The molecule has 0 amide bonds. The molecule has 0 bridgehead atoms. The van der Waals surface area contributed by atoms with E-state index >= 15 is 0 Å². The Morgan fingerprint density at radius 3 is 2.48 bits per heavy atom. The minimum atomic E-state index is 0.0831. The van der Waals surface area contributed by atoms with Gasteiger partial charge in [-0.2, -0.15) is 0 Å². The zero-order valence-electron chi connectivity index (χ0n) is 14.3. The fourth-order valence-corrected chi connectivity index (χ4v) is 3.55. The van der Waals surface area contributed by atoms with Gasteiger partial charge in [-0.05, 0) is 61.8 Å². The molecule has 1 N–H and O–H groups in total. The molecule has 0 unspecified atom stereocenters. The Morgan fingerprint density at radius 2 is 1.90 bits per heavy atom. The number of hydrogen-bond donors (Lipinski definition) is 1. The van der Waals surface area contributed by atoms with Gasteiger partial charge < -0.3 is 5.32 Å². The van der Waals surface area contributed by atoms with E-state index in [9.17, 15) is 0 Å². The summed E-state index contributed by atoms with van der Waals surface area (Å²) < 4.78 is 2.03. The van der Waals surface area contributed by atoms with Crippen molar-refractivity contribution in [2.75, 3.05) is 0 Å². The lowest BCUT2D eigenvalue weighted by Crippen LogP contribution is -2.36.